The molecule has 118 valence electrons. The molecule has 0 aliphatic carbocycles. The molecule has 0 saturated heterocycles. The number of carbonyl (C=O) groups is 1. The summed E-state index contributed by atoms with van der Waals surface area (Å²) >= 11 is 5.19. The fraction of sp³-hybridized carbons (Fsp3) is 0.357. The van der Waals surface area contributed by atoms with Crippen LogP contribution in [0.2, 0.25) is 0 Å². The molecule has 8 heteroatoms. The molecule has 0 bridgehead atoms. The van der Waals surface area contributed by atoms with Gasteiger partial charge in [-0.25, -0.2) is 0 Å². The van der Waals surface area contributed by atoms with Crippen LogP contribution in [0.1, 0.15) is 0 Å². The molecule has 7 nitrogen and oxygen atoms in total. The average molecular weight is 322 g/mol. The third-order valence-electron chi connectivity index (χ3n) is 3.04. The van der Waals surface area contributed by atoms with Crippen molar-refractivity contribution in [2.24, 2.45) is 0 Å². The van der Waals surface area contributed by atoms with Gasteiger partial charge in [-0.15, -0.1) is 0 Å². The van der Waals surface area contributed by atoms with Crippen LogP contribution >= 0.6 is 12.2 Å². The maximum atomic E-state index is 11.9. The van der Waals surface area contributed by atoms with E-state index in [1.807, 2.05) is 24.3 Å². The highest BCUT2D eigenvalue weighted by atomic mass is 32.1. The van der Waals surface area contributed by atoms with E-state index >= 15 is 0 Å². The Morgan fingerprint density at radius 3 is 2.73 bits per heavy atom. The number of hydrogen-bond acceptors (Lipinski definition) is 5. The van der Waals surface area contributed by atoms with Crippen molar-refractivity contribution in [3.05, 3.63) is 29.0 Å². The molecular weight excluding hydrogens is 304 g/mol. The molecule has 0 radical (unpaired) electrons. The molecular formula is C14H18N4O3S. The first-order valence-corrected chi connectivity index (χ1v) is 7.11. The van der Waals surface area contributed by atoms with Crippen molar-refractivity contribution in [3.8, 4) is 17.1 Å². The first-order valence-electron chi connectivity index (χ1n) is 6.71. The van der Waals surface area contributed by atoms with E-state index in [0.717, 1.165) is 11.3 Å². The number of hydrogen-bond donors (Lipinski definition) is 2. The summed E-state index contributed by atoms with van der Waals surface area (Å²) in [6.45, 7) is 1.02. The van der Waals surface area contributed by atoms with Crippen molar-refractivity contribution in [2.75, 3.05) is 27.4 Å². The molecule has 1 aromatic carbocycles. The van der Waals surface area contributed by atoms with Gasteiger partial charge in [-0.3, -0.25) is 14.5 Å². The van der Waals surface area contributed by atoms with Crippen LogP contribution in [0.3, 0.4) is 0 Å². The summed E-state index contributed by atoms with van der Waals surface area (Å²) in [4.78, 5) is 11.9. The number of carbonyl (C=O) groups excluding carboxylic acids is 1. The molecule has 1 aromatic heterocycles. The molecule has 0 spiro atoms. The minimum absolute atomic E-state index is 0.0976. The van der Waals surface area contributed by atoms with E-state index in [2.05, 4.69) is 15.5 Å². The van der Waals surface area contributed by atoms with E-state index in [0.29, 0.717) is 23.7 Å². The van der Waals surface area contributed by atoms with E-state index in [9.17, 15) is 4.79 Å². The number of aromatic amines is 1. The highest BCUT2D eigenvalue weighted by Crippen LogP contribution is 2.20. The Morgan fingerprint density at radius 1 is 1.36 bits per heavy atom. The first-order chi connectivity index (χ1) is 10.7. The van der Waals surface area contributed by atoms with Crippen LogP contribution in [-0.2, 0) is 16.1 Å². The van der Waals surface area contributed by atoms with Crippen molar-refractivity contribution in [1.29, 1.82) is 0 Å². The van der Waals surface area contributed by atoms with Crippen molar-refractivity contribution in [1.82, 2.24) is 20.1 Å². The summed E-state index contributed by atoms with van der Waals surface area (Å²) in [7, 11) is 3.19. The second-order valence-corrected chi connectivity index (χ2v) is 4.90. The number of nitrogens with one attached hydrogen (secondary N) is 2. The van der Waals surface area contributed by atoms with Gasteiger partial charge in [0.2, 0.25) is 5.91 Å². The summed E-state index contributed by atoms with van der Waals surface area (Å²) in [5.41, 5.74) is 0.845. The lowest BCUT2D eigenvalue weighted by Crippen LogP contribution is -2.30. The molecule has 0 atom stereocenters. The maximum absolute atomic E-state index is 11.9. The molecule has 22 heavy (non-hydrogen) atoms. The molecule has 1 amide bonds. The Balaban J connectivity index is 2.16. The van der Waals surface area contributed by atoms with Gasteiger partial charge in [0.05, 0.1) is 13.7 Å². The fourth-order valence-electron chi connectivity index (χ4n) is 1.92. The monoisotopic (exact) mass is 322 g/mol. The van der Waals surface area contributed by atoms with Crippen LogP contribution in [-0.4, -0.2) is 48.0 Å². The minimum Gasteiger partial charge on any atom is -0.497 e. The SMILES string of the molecule is COCCNC(=O)Cn1c(-c2ccc(OC)cc2)n[nH]c1=S. The maximum Gasteiger partial charge on any atom is 0.240 e. The Labute approximate surface area is 133 Å². The molecule has 0 fully saturated rings. The molecule has 0 aliphatic heterocycles. The molecule has 2 N–H and O–H groups in total. The lowest BCUT2D eigenvalue weighted by molar-refractivity contribution is -0.121. The fourth-order valence-corrected chi connectivity index (χ4v) is 2.11. The van der Waals surface area contributed by atoms with Crippen molar-refractivity contribution >= 4 is 18.1 Å². The zero-order valence-corrected chi connectivity index (χ0v) is 13.3. The third-order valence-corrected chi connectivity index (χ3v) is 3.35. The molecule has 2 aromatic rings. The summed E-state index contributed by atoms with van der Waals surface area (Å²) in [6, 6.07) is 7.39. The van der Waals surface area contributed by atoms with Gasteiger partial charge < -0.3 is 14.8 Å². The standard InChI is InChI=1S/C14H18N4O3S/c1-20-8-7-15-12(19)9-18-13(16-17-14(18)22)10-3-5-11(21-2)6-4-10/h3-6H,7-9H2,1-2H3,(H,15,19)(H,17,22). The lowest BCUT2D eigenvalue weighted by Gasteiger charge is -2.08. The number of methoxy groups -OCH3 is 2. The molecule has 1 heterocycles. The Hall–Kier alpha value is -2.19. The zero-order valence-electron chi connectivity index (χ0n) is 12.5. The van der Waals surface area contributed by atoms with E-state index in [4.69, 9.17) is 21.7 Å². The van der Waals surface area contributed by atoms with E-state index in [1.54, 1.807) is 18.8 Å². The van der Waals surface area contributed by atoms with Gasteiger partial charge in [-0.1, -0.05) is 0 Å². The molecule has 0 saturated carbocycles. The van der Waals surface area contributed by atoms with E-state index < -0.39 is 0 Å². The van der Waals surface area contributed by atoms with Gasteiger partial charge in [0, 0.05) is 19.2 Å². The van der Waals surface area contributed by atoms with Crippen LogP contribution in [0.25, 0.3) is 11.4 Å². The van der Waals surface area contributed by atoms with Crippen molar-refractivity contribution in [2.45, 2.75) is 6.54 Å². The van der Waals surface area contributed by atoms with Gasteiger partial charge in [0.15, 0.2) is 10.6 Å². The normalized spacial score (nSPS) is 10.5. The van der Waals surface area contributed by atoms with E-state index in [1.165, 1.54) is 0 Å². The van der Waals surface area contributed by atoms with Crippen LogP contribution in [0.4, 0.5) is 0 Å². The van der Waals surface area contributed by atoms with Gasteiger partial charge >= 0.3 is 0 Å². The van der Waals surface area contributed by atoms with Gasteiger partial charge in [-0.05, 0) is 36.5 Å². The molecule has 0 unspecified atom stereocenters. The number of H-pyrrole nitrogens is 1. The second kappa shape index (κ2) is 7.71. The van der Waals surface area contributed by atoms with Crippen molar-refractivity contribution in [3.63, 3.8) is 0 Å². The van der Waals surface area contributed by atoms with Gasteiger partial charge in [-0.2, -0.15) is 5.10 Å². The Morgan fingerprint density at radius 2 is 2.09 bits per heavy atom. The second-order valence-electron chi connectivity index (χ2n) is 4.51. The van der Waals surface area contributed by atoms with Crippen LogP contribution < -0.4 is 10.1 Å². The first kappa shape index (κ1) is 16.2. The Bertz CT molecular complexity index is 678. The average Bonchev–Trinajstić information content (AvgIpc) is 2.89. The summed E-state index contributed by atoms with van der Waals surface area (Å²) < 4.78 is 12.1. The van der Waals surface area contributed by atoms with Gasteiger partial charge in [0.25, 0.3) is 0 Å². The van der Waals surface area contributed by atoms with Gasteiger partial charge in [0.1, 0.15) is 12.3 Å². The van der Waals surface area contributed by atoms with Crippen LogP contribution in [0.5, 0.6) is 5.75 Å². The zero-order chi connectivity index (χ0) is 15.9. The number of ether oxygens (including phenoxy) is 2. The number of amides is 1. The lowest BCUT2D eigenvalue weighted by atomic mass is 10.2. The highest BCUT2D eigenvalue weighted by Gasteiger charge is 2.12. The smallest absolute Gasteiger partial charge is 0.240 e. The quantitative estimate of drug-likeness (QED) is 0.594. The predicted octanol–water partition coefficient (Wildman–Crippen LogP) is 1.38. The van der Waals surface area contributed by atoms with E-state index in [-0.39, 0.29) is 12.5 Å². The van der Waals surface area contributed by atoms with Crippen molar-refractivity contribution < 1.29 is 14.3 Å². The topological polar surface area (TPSA) is 81.2 Å². The minimum atomic E-state index is -0.149. The Kier molecular flexibility index (Phi) is 5.68. The number of rotatable bonds is 7. The largest absolute Gasteiger partial charge is 0.497 e. The summed E-state index contributed by atoms with van der Waals surface area (Å²) in [5.74, 6) is 1.21. The number of benzene rings is 1. The summed E-state index contributed by atoms with van der Waals surface area (Å²) in [5, 5.41) is 9.66. The molecule has 2 rings (SSSR count). The molecule has 0 aliphatic rings. The highest BCUT2D eigenvalue weighted by molar-refractivity contribution is 7.71. The predicted molar refractivity (Wildman–Crippen MR) is 84.3 cm³/mol. The summed E-state index contributed by atoms with van der Waals surface area (Å²) in [6.07, 6.45) is 0. The number of nitrogens with zero attached hydrogens (tertiary/aromatic N) is 2. The van der Waals surface area contributed by atoms with Crippen LogP contribution in [0, 0.1) is 4.77 Å². The van der Waals surface area contributed by atoms with Crippen LogP contribution in [0.15, 0.2) is 24.3 Å². The number of aromatic nitrogens is 3. The third kappa shape index (κ3) is 3.92.